The minimum absolute atomic E-state index is 0.0564. The number of nitrogens with two attached hydrogens (primary N) is 1. The molecule has 0 heterocycles. The second kappa shape index (κ2) is 7.98. The van der Waals surface area contributed by atoms with Gasteiger partial charge in [0.2, 0.25) is 5.91 Å². The molecule has 1 aromatic carbocycles. The molecule has 0 saturated carbocycles. The molecule has 22 heavy (non-hydrogen) atoms. The zero-order valence-corrected chi connectivity index (χ0v) is 12.9. The molecule has 1 aromatic rings. The van der Waals surface area contributed by atoms with Crippen LogP contribution in [-0.4, -0.2) is 23.8 Å². The third-order valence-electron chi connectivity index (χ3n) is 3.86. The molecule has 1 amide bonds. The number of nitrogens with one attached hydrogen (secondary N) is 1. The fraction of sp³-hybridized carbons (Fsp3) is 0.500. The van der Waals surface area contributed by atoms with Crippen molar-refractivity contribution in [2.45, 2.75) is 45.1 Å². The third-order valence-corrected chi connectivity index (χ3v) is 3.86. The fourth-order valence-corrected chi connectivity index (χ4v) is 1.94. The molecule has 0 aliphatic rings. The number of hydrogen-bond acceptors (Lipinski definition) is 3. The van der Waals surface area contributed by atoms with Crippen LogP contribution in [0.2, 0.25) is 0 Å². The Labute approximate surface area is 129 Å². The van der Waals surface area contributed by atoms with E-state index in [0.29, 0.717) is 12.6 Å². The van der Waals surface area contributed by atoms with Crippen molar-refractivity contribution in [3.63, 3.8) is 0 Å². The summed E-state index contributed by atoms with van der Waals surface area (Å²) in [6.45, 7) is 4.21. The Bertz CT molecular complexity index is 543. The van der Waals surface area contributed by atoms with E-state index >= 15 is 0 Å². The highest BCUT2D eigenvalue weighted by molar-refractivity contribution is 5.98. The molecule has 0 aliphatic carbocycles. The van der Waals surface area contributed by atoms with Gasteiger partial charge < -0.3 is 11.1 Å². The first-order valence-corrected chi connectivity index (χ1v) is 7.35. The third kappa shape index (κ3) is 5.18. The van der Waals surface area contributed by atoms with Gasteiger partial charge in [-0.1, -0.05) is 13.8 Å². The fourth-order valence-electron chi connectivity index (χ4n) is 1.94. The first kappa shape index (κ1) is 18.2. The summed E-state index contributed by atoms with van der Waals surface area (Å²) in [5, 5.41) is 2.69. The molecule has 0 atom stereocenters. The first-order chi connectivity index (χ1) is 10.3. The first-order valence-electron chi connectivity index (χ1n) is 7.35. The maximum absolute atomic E-state index is 13.4. The zero-order chi connectivity index (χ0) is 16.8. The number of Topliss-reactive ketones (excluding diaryl/α,β-unsaturated/α-hetero) is 1. The van der Waals surface area contributed by atoms with E-state index in [9.17, 15) is 18.4 Å². The van der Waals surface area contributed by atoms with E-state index in [1.807, 2.05) is 13.8 Å². The lowest BCUT2D eigenvalue weighted by Gasteiger charge is -2.26. The number of benzene rings is 1. The van der Waals surface area contributed by atoms with Crippen LogP contribution >= 0.6 is 0 Å². The van der Waals surface area contributed by atoms with Gasteiger partial charge in [0.05, 0.1) is 5.56 Å². The van der Waals surface area contributed by atoms with Crippen LogP contribution in [0.1, 0.15) is 49.9 Å². The summed E-state index contributed by atoms with van der Waals surface area (Å²) < 4.78 is 26.2. The molecule has 0 unspecified atom stereocenters. The molecule has 3 N–H and O–H groups in total. The summed E-state index contributed by atoms with van der Waals surface area (Å²) in [6.07, 6.45) is 1.26. The molecule has 0 fully saturated rings. The number of rotatable bonds is 8. The molecule has 6 heteroatoms. The van der Waals surface area contributed by atoms with Gasteiger partial charge in [0.15, 0.2) is 5.78 Å². The van der Waals surface area contributed by atoms with Crippen LogP contribution < -0.4 is 11.1 Å². The Hall–Kier alpha value is -1.82. The zero-order valence-electron chi connectivity index (χ0n) is 12.9. The summed E-state index contributed by atoms with van der Waals surface area (Å²) in [6, 6.07) is 2.75. The molecule has 0 aromatic heterocycles. The highest BCUT2D eigenvalue weighted by Gasteiger charge is 2.21. The van der Waals surface area contributed by atoms with Crippen LogP contribution in [0.5, 0.6) is 0 Å². The van der Waals surface area contributed by atoms with Crippen molar-refractivity contribution >= 4 is 11.7 Å². The van der Waals surface area contributed by atoms with Gasteiger partial charge in [0.25, 0.3) is 0 Å². The lowest BCUT2D eigenvalue weighted by molar-refractivity contribution is -0.121. The maximum atomic E-state index is 13.4. The number of ketones is 1. The van der Waals surface area contributed by atoms with Crippen LogP contribution in [0.25, 0.3) is 0 Å². The van der Waals surface area contributed by atoms with Gasteiger partial charge >= 0.3 is 0 Å². The Morgan fingerprint density at radius 3 is 2.36 bits per heavy atom. The van der Waals surface area contributed by atoms with E-state index in [2.05, 4.69) is 5.32 Å². The smallest absolute Gasteiger partial charge is 0.220 e. The lowest BCUT2D eigenvalue weighted by Crippen LogP contribution is -2.49. The average molecular weight is 312 g/mol. The summed E-state index contributed by atoms with van der Waals surface area (Å²) in [5.41, 5.74) is 5.40. The Morgan fingerprint density at radius 2 is 1.82 bits per heavy atom. The number of carbonyl (C=O) groups excluding carboxylic acids is 2. The normalized spacial score (nSPS) is 11.3. The largest absolute Gasteiger partial charge is 0.354 e. The summed E-state index contributed by atoms with van der Waals surface area (Å²) in [7, 11) is 0. The molecule has 0 spiro atoms. The van der Waals surface area contributed by atoms with Crippen molar-refractivity contribution in [3.05, 3.63) is 35.4 Å². The van der Waals surface area contributed by atoms with Crippen molar-refractivity contribution in [2.24, 2.45) is 5.73 Å². The van der Waals surface area contributed by atoms with Gasteiger partial charge in [-0.05, 0) is 25.0 Å². The van der Waals surface area contributed by atoms with Crippen LogP contribution in [0.15, 0.2) is 18.2 Å². The van der Waals surface area contributed by atoms with E-state index in [1.165, 1.54) is 0 Å². The summed E-state index contributed by atoms with van der Waals surface area (Å²) in [5.74, 6) is -2.50. The van der Waals surface area contributed by atoms with E-state index in [-0.39, 0.29) is 24.3 Å². The molecule has 0 radical (unpaired) electrons. The predicted octanol–water partition coefficient (Wildman–Crippen LogP) is 2.56. The molecule has 4 nitrogen and oxygen atoms in total. The Kier molecular flexibility index (Phi) is 6.61. The number of amides is 1. The van der Waals surface area contributed by atoms with Gasteiger partial charge in [-0.25, -0.2) is 8.78 Å². The summed E-state index contributed by atoms with van der Waals surface area (Å²) >= 11 is 0. The average Bonchev–Trinajstić information content (AvgIpc) is 2.50. The van der Waals surface area contributed by atoms with Crippen LogP contribution in [0.3, 0.4) is 0 Å². The molecule has 0 aliphatic heterocycles. The van der Waals surface area contributed by atoms with E-state index in [1.54, 1.807) is 0 Å². The number of carbonyl (C=O) groups is 2. The van der Waals surface area contributed by atoms with Crippen molar-refractivity contribution in [1.29, 1.82) is 0 Å². The van der Waals surface area contributed by atoms with E-state index in [0.717, 1.165) is 25.0 Å². The minimum atomic E-state index is -0.914. The molecular weight excluding hydrogens is 290 g/mol. The number of halogens is 2. The van der Waals surface area contributed by atoms with Crippen LogP contribution in [0.4, 0.5) is 8.78 Å². The van der Waals surface area contributed by atoms with E-state index in [4.69, 9.17) is 5.73 Å². The second-order valence-corrected chi connectivity index (χ2v) is 5.39. The SMILES string of the molecule is CCC(N)(CC)CNC(=O)CCC(=O)c1ccc(F)cc1F. The molecular formula is C16H22F2N2O2. The molecule has 1 rings (SSSR count). The lowest BCUT2D eigenvalue weighted by atomic mass is 9.94. The molecule has 0 saturated heterocycles. The van der Waals surface area contributed by atoms with Crippen LogP contribution in [0, 0.1) is 11.6 Å². The standard InChI is InChI=1S/C16H22F2N2O2/c1-3-16(19,4-2)10-20-15(22)8-7-14(21)12-6-5-11(17)9-13(12)18/h5-6,9H,3-4,7-8,10,19H2,1-2H3,(H,20,22). The van der Waals surface area contributed by atoms with Crippen molar-refractivity contribution in [1.82, 2.24) is 5.32 Å². The van der Waals surface area contributed by atoms with Crippen molar-refractivity contribution < 1.29 is 18.4 Å². The Balaban J connectivity index is 2.48. The second-order valence-electron chi connectivity index (χ2n) is 5.39. The molecule has 0 bridgehead atoms. The monoisotopic (exact) mass is 312 g/mol. The number of hydrogen-bond donors (Lipinski definition) is 2. The molecule has 122 valence electrons. The van der Waals surface area contributed by atoms with Crippen molar-refractivity contribution in [3.8, 4) is 0 Å². The van der Waals surface area contributed by atoms with Gasteiger partial charge in [-0.15, -0.1) is 0 Å². The topological polar surface area (TPSA) is 72.2 Å². The predicted molar refractivity (Wildman–Crippen MR) is 80.4 cm³/mol. The highest BCUT2D eigenvalue weighted by Crippen LogP contribution is 2.13. The van der Waals surface area contributed by atoms with Crippen LogP contribution in [-0.2, 0) is 4.79 Å². The highest BCUT2D eigenvalue weighted by atomic mass is 19.1. The van der Waals surface area contributed by atoms with Gasteiger partial charge in [-0.3, -0.25) is 9.59 Å². The van der Waals surface area contributed by atoms with Crippen molar-refractivity contribution in [2.75, 3.05) is 6.54 Å². The van der Waals surface area contributed by atoms with E-state index < -0.39 is 23.0 Å². The summed E-state index contributed by atoms with van der Waals surface area (Å²) in [4.78, 5) is 23.6. The Morgan fingerprint density at radius 1 is 1.18 bits per heavy atom. The van der Waals surface area contributed by atoms with Gasteiger partial charge in [0.1, 0.15) is 11.6 Å². The van der Waals surface area contributed by atoms with Gasteiger partial charge in [0, 0.05) is 31.0 Å². The minimum Gasteiger partial charge on any atom is -0.354 e. The van der Waals surface area contributed by atoms with Gasteiger partial charge in [-0.2, -0.15) is 0 Å². The maximum Gasteiger partial charge on any atom is 0.220 e. The quantitative estimate of drug-likeness (QED) is 0.725.